The minimum atomic E-state index is -0.863. The number of thiophene rings is 1. The predicted molar refractivity (Wildman–Crippen MR) is 95.5 cm³/mol. The van der Waals surface area contributed by atoms with E-state index in [0.29, 0.717) is 0 Å². The Hall–Kier alpha value is -2.73. The van der Waals surface area contributed by atoms with Crippen LogP contribution in [0, 0.1) is 13.8 Å². The number of carboxylic acid groups (broad SMARTS) is 1. The molecular weight excluding hydrogens is 322 g/mol. The zero-order valence-electron chi connectivity index (χ0n) is 13.3. The Labute approximate surface area is 142 Å². The highest BCUT2D eigenvalue weighted by molar-refractivity contribution is 7.17. The Morgan fingerprint density at radius 1 is 1.25 bits per heavy atom. The molecular formula is C18H15N3O2S. The largest absolute Gasteiger partial charge is 0.480 e. The van der Waals surface area contributed by atoms with Gasteiger partial charge in [-0.1, -0.05) is 18.2 Å². The lowest BCUT2D eigenvalue weighted by atomic mass is 10.1. The van der Waals surface area contributed by atoms with Gasteiger partial charge < -0.3 is 9.67 Å². The second kappa shape index (κ2) is 5.42. The van der Waals surface area contributed by atoms with E-state index in [2.05, 4.69) is 22.3 Å². The van der Waals surface area contributed by atoms with E-state index in [4.69, 9.17) is 0 Å². The molecule has 0 fully saturated rings. The van der Waals surface area contributed by atoms with Crippen molar-refractivity contribution in [1.82, 2.24) is 14.5 Å². The predicted octanol–water partition coefficient (Wildman–Crippen LogP) is 4.01. The maximum absolute atomic E-state index is 11.2. The average Bonchev–Trinajstić information content (AvgIpc) is 3.08. The van der Waals surface area contributed by atoms with E-state index in [9.17, 15) is 9.90 Å². The molecule has 0 spiro atoms. The van der Waals surface area contributed by atoms with E-state index < -0.39 is 5.97 Å². The van der Waals surface area contributed by atoms with Crippen molar-refractivity contribution in [3.05, 3.63) is 47.2 Å². The van der Waals surface area contributed by atoms with Crippen molar-refractivity contribution in [2.45, 2.75) is 20.4 Å². The summed E-state index contributed by atoms with van der Waals surface area (Å²) >= 11 is 1.61. The number of hydrogen-bond acceptors (Lipinski definition) is 4. The summed E-state index contributed by atoms with van der Waals surface area (Å²) in [5, 5.41) is 13.3. The van der Waals surface area contributed by atoms with Gasteiger partial charge in [0.25, 0.3) is 0 Å². The molecule has 1 aromatic carbocycles. The normalized spacial score (nSPS) is 11.4. The van der Waals surface area contributed by atoms with Gasteiger partial charge in [0.15, 0.2) is 0 Å². The molecule has 0 atom stereocenters. The fourth-order valence-corrected chi connectivity index (χ4v) is 4.06. The van der Waals surface area contributed by atoms with E-state index in [1.807, 2.05) is 37.4 Å². The number of nitrogens with zero attached hydrogens (tertiary/aromatic N) is 3. The highest BCUT2D eigenvalue weighted by Crippen LogP contribution is 2.36. The molecule has 0 radical (unpaired) electrons. The number of rotatable bonds is 3. The number of fused-ring (bicyclic) bond motifs is 2. The SMILES string of the molecule is Cc1nc(-c2cn(CC(=O)O)c3ccccc23)c2c(C)csc2n1. The molecule has 6 heteroatoms. The molecule has 0 aliphatic rings. The third kappa shape index (κ3) is 2.27. The van der Waals surface area contributed by atoms with E-state index in [0.717, 1.165) is 43.8 Å². The van der Waals surface area contributed by atoms with Gasteiger partial charge in [-0.05, 0) is 30.9 Å². The van der Waals surface area contributed by atoms with E-state index >= 15 is 0 Å². The Kier molecular flexibility index (Phi) is 3.35. The monoisotopic (exact) mass is 337 g/mol. The molecule has 0 saturated carbocycles. The highest BCUT2D eigenvalue weighted by atomic mass is 32.1. The van der Waals surface area contributed by atoms with E-state index in [-0.39, 0.29) is 6.54 Å². The summed E-state index contributed by atoms with van der Waals surface area (Å²) in [6.07, 6.45) is 1.89. The van der Waals surface area contributed by atoms with Crippen molar-refractivity contribution in [3.8, 4) is 11.3 Å². The summed E-state index contributed by atoms with van der Waals surface area (Å²) in [7, 11) is 0. The Morgan fingerprint density at radius 3 is 2.83 bits per heavy atom. The number of aromatic nitrogens is 3. The fourth-order valence-electron chi connectivity index (χ4n) is 3.10. The van der Waals surface area contributed by atoms with Crippen LogP contribution >= 0.6 is 11.3 Å². The van der Waals surface area contributed by atoms with Crippen LogP contribution in [0.25, 0.3) is 32.4 Å². The molecule has 120 valence electrons. The molecule has 0 bridgehead atoms. The molecule has 0 aliphatic heterocycles. The van der Waals surface area contributed by atoms with Crippen LogP contribution in [-0.2, 0) is 11.3 Å². The summed E-state index contributed by atoms with van der Waals surface area (Å²) in [5.74, 6) is -0.146. The molecule has 0 unspecified atom stereocenters. The molecule has 0 aliphatic carbocycles. The van der Waals surface area contributed by atoms with Crippen molar-refractivity contribution >= 4 is 38.4 Å². The van der Waals surface area contributed by atoms with Crippen LogP contribution in [0.5, 0.6) is 0 Å². The first-order valence-electron chi connectivity index (χ1n) is 7.57. The number of carbonyl (C=O) groups is 1. The third-order valence-electron chi connectivity index (χ3n) is 4.08. The van der Waals surface area contributed by atoms with E-state index in [1.165, 1.54) is 0 Å². The maximum Gasteiger partial charge on any atom is 0.323 e. The molecule has 1 N–H and O–H groups in total. The lowest BCUT2D eigenvalue weighted by Gasteiger charge is -2.04. The maximum atomic E-state index is 11.2. The number of aliphatic carboxylic acids is 1. The molecule has 3 heterocycles. The average molecular weight is 337 g/mol. The van der Waals surface area contributed by atoms with Gasteiger partial charge in [-0.15, -0.1) is 11.3 Å². The van der Waals surface area contributed by atoms with Gasteiger partial charge in [-0.2, -0.15) is 0 Å². The van der Waals surface area contributed by atoms with Gasteiger partial charge >= 0.3 is 5.97 Å². The first-order valence-corrected chi connectivity index (χ1v) is 8.45. The zero-order valence-corrected chi connectivity index (χ0v) is 14.1. The Morgan fingerprint density at radius 2 is 2.04 bits per heavy atom. The fraction of sp³-hybridized carbons (Fsp3) is 0.167. The lowest BCUT2D eigenvalue weighted by molar-refractivity contribution is -0.137. The molecule has 24 heavy (non-hydrogen) atoms. The summed E-state index contributed by atoms with van der Waals surface area (Å²) in [4.78, 5) is 21.4. The van der Waals surface area contributed by atoms with Crippen molar-refractivity contribution < 1.29 is 9.90 Å². The topological polar surface area (TPSA) is 68.0 Å². The molecule has 0 saturated heterocycles. The van der Waals surface area contributed by atoms with Gasteiger partial charge in [0.2, 0.25) is 0 Å². The molecule has 4 aromatic rings. The second-order valence-corrected chi connectivity index (χ2v) is 6.66. The summed E-state index contributed by atoms with van der Waals surface area (Å²) in [5.41, 5.74) is 3.85. The van der Waals surface area contributed by atoms with Crippen LogP contribution in [0.3, 0.4) is 0 Å². The smallest absolute Gasteiger partial charge is 0.323 e. The molecule has 3 aromatic heterocycles. The number of hydrogen-bond donors (Lipinski definition) is 1. The van der Waals surface area contributed by atoms with Crippen molar-refractivity contribution in [3.63, 3.8) is 0 Å². The summed E-state index contributed by atoms with van der Waals surface area (Å²) < 4.78 is 1.76. The molecule has 0 amide bonds. The first kappa shape index (κ1) is 14.8. The third-order valence-corrected chi connectivity index (χ3v) is 5.07. The number of aryl methyl sites for hydroxylation is 2. The van der Waals surface area contributed by atoms with Crippen LogP contribution in [-0.4, -0.2) is 25.6 Å². The second-order valence-electron chi connectivity index (χ2n) is 5.80. The summed E-state index contributed by atoms with van der Waals surface area (Å²) in [6.45, 7) is 3.86. The van der Waals surface area contributed by atoms with Crippen molar-refractivity contribution in [1.29, 1.82) is 0 Å². The van der Waals surface area contributed by atoms with Gasteiger partial charge in [0.1, 0.15) is 17.2 Å². The number of para-hydroxylation sites is 1. The van der Waals surface area contributed by atoms with E-state index in [1.54, 1.807) is 15.9 Å². The Balaban J connectivity index is 2.07. The van der Waals surface area contributed by atoms with Crippen LogP contribution in [0.4, 0.5) is 0 Å². The van der Waals surface area contributed by atoms with Crippen LogP contribution < -0.4 is 0 Å². The molecule has 5 nitrogen and oxygen atoms in total. The van der Waals surface area contributed by atoms with Gasteiger partial charge in [-0.25, -0.2) is 9.97 Å². The van der Waals surface area contributed by atoms with Crippen LogP contribution in [0.1, 0.15) is 11.4 Å². The van der Waals surface area contributed by atoms with Crippen molar-refractivity contribution in [2.75, 3.05) is 0 Å². The minimum Gasteiger partial charge on any atom is -0.480 e. The number of carboxylic acids is 1. The lowest BCUT2D eigenvalue weighted by Crippen LogP contribution is -2.07. The van der Waals surface area contributed by atoms with Gasteiger partial charge in [-0.3, -0.25) is 4.79 Å². The quantitative estimate of drug-likeness (QED) is 0.613. The first-order chi connectivity index (χ1) is 11.5. The number of benzene rings is 1. The zero-order chi connectivity index (χ0) is 16.8. The van der Waals surface area contributed by atoms with Gasteiger partial charge in [0, 0.05) is 28.0 Å². The Bertz CT molecular complexity index is 1090. The summed E-state index contributed by atoms with van der Waals surface area (Å²) in [6, 6.07) is 7.82. The standard InChI is InChI=1S/C18H15N3O2S/c1-10-9-24-18-16(10)17(19-11(2)20-18)13-7-21(8-15(22)23)14-6-4-3-5-12(13)14/h3-7,9H,8H2,1-2H3,(H,22,23). The van der Waals surface area contributed by atoms with Gasteiger partial charge in [0.05, 0.1) is 5.69 Å². The van der Waals surface area contributed by atoms with Crippen molar-refractivity contribution in [2.24, 2.45) is 0 Å². The van der Waals surface area contributed by atoms with Crippen LogP contribution in [0.15, 0.2) is 35.8 Å². The minimum absolute atomic E-state index is 0.0731. The molecule has 4 rings (SSSR count). The highest BCUT2D eigenvalue weighted by Gasteiger charge is 2.18. The van der Waals surface area contributed by atoms with Crippen LogP contribution in [0.2, 0.25) is 0 Å².